The van der Waals surface area contributed by atoms with Crippen LogP contribution in [0.5, 0.6) is 0 Å². The van der Waals surface area contributed by atoms with Crippen molar-refractivity contribution < 1.29 is 14.6 Å². The number of carbonyl (C=O) groups excluding carboxylic acids is 1. The maximum absolute atomic E-state index is 11.7. The van der Waals surface area contributed by atoms with Gasteiger partial charge in [-0.15, -0.1) is 0 Å². The van der Waals surface area contributed by atoms with Crippen molar-refractivity contribution in [1.29, 1.82) is 0 Å². The van der Waals surface area contributed by atoms with E-state index in [-0.39, 0.29) is 0 Å². The Hall–Kier alpha value is -0.570. The molecule has 0 heterocycles. The van der Waals surface area contributed by atoms with Crippen LogP contribution in [-0.4, -0.2) is 23.8 Å². The first kappa shape index (κ1) is 28.4. The molecule has 0 saturated carbocycles. The van der Waals surface area contributed by atoms with E-state index < -0.39 is 12.1 Å². The predicted molar refractivity (Wildman–Crippen MR) is 125 cm³/mol. The Morgan fingerprint density at radius 3 is 1.55 bits per heavy atom. The quantitative estimate of drug-likeness (QED) is 0.145. The van der Waals surface area contributed by atoms with Crippen LogP contribution in [0.2, 0.25) is 0 Å². The van der Waals surface area contributed by atoms with Crippen LogP contribution in [-0.2, 0) is 9.53 Å². The Bertz CT molecular complexity index is 341. The minimum atomic E-state index is -0.924. The molecule has 174 valence electrons. The minimum Gasteiger partial charge on any atom is -0.464 e. The fraction of sp³-hybridized carbons (Fsp3) is 0.962. The standard InChI is InChI=1S/C26H52O3/c1-4-5-6-19-22-25(27)26(28)29-23-20-17-15-13-11-9-7-8-10-12-14-16-18-21-24(2)3/h24-25,27H,4-23H2,1-3H3. The number of aliphatic hydroxyl groups is 1. The topological polar surface area (TPSA) is 46.5 Å². The van der Waals surface area contributed by atoms with E-state index in [0.29, 0.717) is 13.0 Å². The molecule has 1 unspecified atom stereocenters. The van der Waals surface area contributed by atoms with Crippen molar-refractivity contribution in [2.75, 3.05) is 6.61 Å². The third-order valence-electron chi connectivity index (χ3n) is 5.77. The van der Waals surface area contributed by atoms with Gasteiger partial charge in [0.05, 0.1) is 6.61 Å². The molecule has 3 nitrogen and oxygen atoms in total. The van der Waals surface area contributed by atoms with Gasteiger partial charge in [0.25, 0.3) is 0 Å². The second kappa shape index (κ2) is 22.1. The van der Waals surface area contributed by atoms with E-state index in [1.807, 2.05) is 0 Å². The van der Waals surface area contributed by atoms with E-state index in [1.165, 1.54) is 89.9 Å². The van der Waals surface area contributed by atoms with Gasteiger partial charge < -0.3 is 9.84 Å². The lowest BCUT2D eigenvalue weighted by molar-refractivity contribution is -0.154. The van der Waals surface area contributed by atoms with Crippen molar-refractivity contribution >= 4 is 5.97 Å². The van der Waals surface area contributed by atoms with E-state index >= 15 is 0 Å². The number of esters is 1. The summed E-state index contributed by atoms with van der Waals surface area (Å²) >= 11 is 0. The monoisotopic (exact) mass is 412 g/mol. The Kier molecular flexibility index (Phi) is 21.7. The highest BCUT2D eigenvalue weighted by molar-refractivity contribution is 5.74. The molecule has 0 spiro atoms. The van der Waals surface area contributed by atoms with Gasteiger partial charge in [-0.25, -0.2) is 4.79 Å². The average molecular weight is 413 g/mol. The Balaban J connectivity index is 3.22. The maximum Gasteiger partial charge on any atom is 0.334 e. The molecule has 0 radical (unpaired) electrons. The van der Waals surface area contributed by atoms with Gasteiger partial charge in [0.1, 0.15) is 0 Å². The molecule has 0 rings (SSSR count). The van der Waals surface area contributed by atoms with Crippen LogP contribution in [0.4, 0.5) is 0 Å². The lowest BCUT2D eigenvalue weighted by Crippen LogP contribution is -2.23. The molecule has 0 bridgehead atoms. The zero-order valence-corrected chi connectivity index (χ0v) is 20.1. The highest BCUT2D eigenvalue weighted by Gasteiger charge is 2.15. The molecule has 0 aliphatic carbocycles. The van der Waals surface area contributed by atoms with Gasteiger partial charge >= 0.3 is 5.97 Å². The van der Waals surface area contributed by atoms with Crippen LogP contribution in [0.15, 0.2) is 0 Å². The van der Waals surface area contributed by atoms with Crippen LogP contribution in [0.25, 0.3) is 0 Å². The molecule has 0 aromatic carbocycles. The lowest BCUT2D eigenvalue weighted by Gasteiger charge is -2.10. The van der Waals surface area contributed by atoms with Crippen LogP contribution >= 0.6 is 0 Å². The first-order chi connectivity index (χ1) is 14.1. The molecule has 0 aliphatic rings. The number of hydrogen-bond acceptors (Lipinski definition) is 3. The summed E-state index contributed by atoms with van der Waals surface area (Å²) in [5, 5.41) is 9.78. The number of rotatable bonds is 22. The summed E-state index contributed by atoms with van der Waals surface area (Å²) < 4.78 is 5.19. The molecule has 0 fully saturated rings. The summed E-state index contributed by atoms with van der Waals surface area (Å²) in [7, 11) is 0. The average Bonchev–Trinajstić information content (AvgIpc) is 2.70. The molecule has 3 heteroatoms. The SMILES string of the molecule is CCCCCCC(O)C(=O)OCCCCCCCCCCCCCCCC(C)C. The minimum absolute atomic E-state index is 0.429. The number of carbonyl (C=O) groups is 1. The van der Waals surface area contributed by atoms with Crippen LogP contribution in [0.1, 0.15) is 143 Å². The zero-order chi connectivity index (χ0) is 21.6. The molecule has 29 heavy (non-hydrogen) atoms. The molecule has 0 aromatic rings. The normalized spacial score (nSPS) is 12.4. The Morgan fingerprint density at radius 1 is 0.655 bits per heavy atom. The van der Waals surface area contributed by atoms with E-state index in [9.17, 15) is 9.90 Å². The highest BCUT2D eigenvalue weighted by Crippen LogP contribution is 2.14. The van der Waals surface area contributed by atoms with Gasteiger partial charge in [0.2, 0.25) is 0 Å². The molecule has 1 N–H and O–H groups in total. The lowest BCUT2D eigenvalue weighted by atomic mass is 10.0. The highest BCUT2D eigenvalue weighted by atomic mass is 16.5. The first-order valence-electron chi connectivity index (χ1n) is 12.9. The molecule has 0 aliphatic heterocycles. The van der Waals surface area contributed by atoms with Gasteiger partial charge in [-0.2, -0.15) is 0 Å². The second-order valence-corrected chi connectivity index (χ2v) is 9.31. The smallest absolute Gasteiger partial charge is 0.334 e. The van der Waals surface area contributed by atoms with E-state index in [0.717, 1.165) is 31.6 Å². The van der Waals surface area contributed by atoms with Crippen LogP contribution in [0, 0.1) is 5.92 Å². The van der Waals surface area contributed by atoms with Crippen molar-refractivity contribution in [2.24, 2.45) is 5.92 Å². The van der Waals surface area contributed by atoms with E-state index in [4.69, 9.17) is 4.74 Å². The molecule has 1 atom stereocenters. The fourth-order valence-electron chi connectivity index (χ4n) is 3.75. The van der Waals surface area contributed by atoms with Gasteiger partial charge in [-0.1, -0.05) is 130 Å². The van der Waals surface area contributed by atoms with Gasteiger partial charge in [0.15, 0.2) is 6.10 Å². The summed E-state index contributed by atoms with van der Waals surface area (Å²) in [6, 6.07) is 0. The first-order valence-corrected chi connectivity index (χ1v) is 12.9. The molecule has 0 amide bonds. The number of hydrogen-bond donors (Lipinski definition) is 1. The Labute approximate surface area is 182 Å². The van der Waals surface area contributed by atoms with E-state index in [2.05, 4.69) is 20.8 Å². The summed E-state index contributed by atoms with van der Waals surface area (Å²) in [6.07, 6.45) is 22.5. The zero-order valence-electron chi connectivity index (χ0n) is 20.1. The number of aliphatic hydroxyl groups excluding tert-OH is 1. The van der Waals surface area contributed by atoms with Crippen molar-refractivity contribution in [3.8, 4) is 0 Å². The summed E-state index contributed by atoms with van der Waals surface area (Å²) in [4.78, 5) is 11.7. The largest absolute Gasteiger partial charge is 0.464 e. The molecule has 0 aromatic heterocycles. The van der Waals surface area contributed by atoms with Gasteiger partial charge in [-0.05, 0) is 18.8 Å². The molecular weight excluding hydrogens is 360 g/mol. The summed E-state index contributed by atoms with van der Waals surface area (Å²) in [6.45, 7) is 7.25. The number of ether oxygens (including phenoxy) is 1. The molecular formula is C26H52O3. The predicted octanol–water partition coefficient (Wildman–Crippen LogP) is 7.98. The third-order valence-corrected chi connectivity index (χ3v) is 5.77. The third kappa shape index (κ3) is 21.9. The van der Waals surface area contributed by atoms with E-state index in [1.54, 1.807) is 0 Å². The second-order valence-electron chi connectivity index (χ2n) is 9.31. The van der Waals surface area contributed by atoms with Crippen molar-refractivity contribution in [3.63, 3.8) is 0 Å². The molecule has 0 saturated heterocycles. The Morgan fingerprint density at radius 2 is 1.07 bits per heavy atom. The van der Waals surface area contributed by atoms with Crippen LogP contribution < -0.4 is 0 Å². The van der Waals surface area contributed by atoms with Gasteiger partial charge in [0, 0.05) is 0 Å². The summed E-state index contributed by atoms with van der Waals surface area (Å²) in [5.41, 5.74) is 0. The summed E-state index contributed by atoms with van der Waals surface area (Å²) in [5.74, 6) is 0.435. The van der Waals surface area contributed by atoms with Crippen LogP contribution in [0.3, 0.4) is 0 Å². The van der Waals surface area contributed by atoms with Crippen molar-refractivity contribution in [2.45, 2.75) is 149 Å². The fourth-order valence-corrected chi connectivity index (χ4v) is 3.75. The van der Waals surface area contributed by atoms with Crippen molar-refractivity contribution in [1.82, 2.24) is 0 Å². The van der Waals surface area contributed by atoms with Gasteiger partial charge in [-0.3, -0.25) is 0 Å². The number of unbranched alkanes of at least 4 members (excludes halogenated alkanes) is 15. The maximum atomic E-state index is 11.7. The van der Waals surface area contributed by atoms with Crippen molar-refractivity contribution in [3.05, 3.63) is 0 Å².